The Labute approximate surface area is 113 Å². The quantitative estimate of drug-likeness (QED) is 0.608. The minimum atomic E-state index is -0.370. The predicted octanol–water partition coefficient (Wildman–Crippen LogP) is 4.24. The number of halogens is 1. The van der Waals surface area contributed by atoms with Gasteiger partial charge in [0.25, 0.3) is 0 Å². The van der Waals surface area contributed by atoms with E-state index in [1.54, 1.807) is 0 Å². The van der Waals surface area contributed by atoms with E-state index in [9.17, 15) is 5.11 Å². The first kappa shape index (κ1) is 14.7. The lowest BCUT2D eigenvalue weighted by Gasteiger charge is -2.36. The van der Waals surface area contributed by atoms with Crippen LogP contribution in [0.4, 0.5) is 0 Å². The van der Waals surface area contributed by atoms with Crippen molar-refractivity contribution in [3.05, 3.63) is 36.0 Å². The van der Waals surface area contributed by atoms with Crippen LogP contribution in [0.3, 0.4) is 0 Å². The van der Waals surface area contributed by atoms with E-state index in [1.165, 1.54) is 5.57 Å². The average molecular weight is 299 g/mol. The van der Waals surface area contributed by atoms with Gasteiger partial charge in [-0.15, -0.1) is 0 Å². The number of hydrogen-bond donors (Lipinski definition) is 1. The minimum absolute atomic E-state index is 0.172. The third kappa shape index (κ3) is 3.82. The molecule has 0 aliphatic heterocycles. The van der Waals surface area contributed by atoms with Crippen molar-refractivity contribution >= 4 is 15.9 Å². The molecule has 2 heteroatoms. The molecule has 0 heterocycles. The monoisotopic (exact) mass is 298 g/mol. The lowest BCUT2D eigenvalue weighted by atomic mass is 9.69. The maximum atomic E-state index is 9.70. The highest BCUT2D eigenvalue weighted by atomic mass is 79.9. The summed E-state index contributed by atoms with van der Waals surface area (Å²) in [6.45, 7) is 10.7. The molecule has 0 aromatic heterocycles. The largest absolute Gasteiger partial charge is 0.388 e. The van der Waals surface area contributed by atoms with Crippen molar-refractivity contribution in [1.29, 1.82) is 0 Å². The maximum Gasteiger partial charge on any atom is 0.0844 e. The number of alkyl halides is 1. The zero-order chi connectivity index (χ0) is 13.1. The molecule has 1 N–H and O–H groups in total. The minimum Gasteiger partial charge on any atom is -0.388 e. The zero-order valence-electron chi connectivity index (χ0n) is 11.0. The van der Waals surface area contributed by atoms with Crippen molar-refractivity contribution in [1.82, 2.24) is 0 Å². The molecule has 0 bridgehead atoms. The number of aliphatic hydroxyl groups excluding tert-OH is 1. The van der Waals surface area contributed by atoms with E-state index < -0.39 is 0 Å². The molecule has 0 spiro atoms. The standard InChI is InChI=1S/C15H23BrO/c1-11-6-5-9-15(3,4)13(11)8-7-12(2)14(17)10-16/h5,7,9,13-14,17H,1,6,8,10H2,2-4H3/b12-7+/t13-,14-/m1/s1. The molecule has 96 valence electrons. The van der Waals surface area contributed by atoms with Crippen molar-refractivity contribution in [2.24, 2.45) is 11.3 Å². The van der Waals surface area contributed by atoms with Gasteiger partial charge in [0.15, 0.2) is 0 Å². The molecule has 0 saturated carbocycles. The molecule has 1 aliphatic carbocycles. The normalized spacial score (nSPS) is 26.1. The number of rotatable bonds is 4. The van der Waals surface area contributed by atoms with Gasteiger partial charge in [-0.2, -0.15) is 0 Å². The van der Waals surface area contributed by atoms with Crippen molar-refractivity contribution < 1.29 is 5.11 Å². The van der Waals surface area contributed by atoms with E-state index in [0.29, 0.717) is 11.2 Å². The highest BCUT2D eigenvalue weighted by Gasteiger charge is 2.30. The lowest BCUT2D eigenvalue weighted by Crippen LogP contribution is -2.25. The van der Waals surface area contributed by atoms with Crippen LogP contribution in [0.25, 0.3) is 0 Å². The summed E-state index contributed by atoms with van der Waals surface area (Å²) in [4.78, 5) is 0. The molecule has 1 aliphatic rings. The van der Waals surface area contributed by atoms with Crippen LogP contribution in [0.15, 0.2) is 36.0 Å². The number of hydrogen-bond acceptors (Lipinski definition) is 1. The lowest BCUT2D eigenvalue weighted by molar-refractivity contribution is 0.235. The van der Waals surface area contributed by atoms with Gasteiger partial charge >= 0.3 is 0 Å². The van der Waals surface area contributed by atoms with E-state index in [4.69, 9.17) is 0 Å². The smallest absolute Gasteiger partial charge is 0.0844 e. The van der Waals surface area contributed by atoms with Gasteiger partial charge in [-0.1, -0.05) is 60.2 Å². The van der Waals surface area contributed by atoms with Gasteiger partial charge in [0.1, 0.15) is 0 Å². The van der Waals surface area contributed by atoms with Gasteiger partial charge < -0.3 is 5.11 Å². The zero-order valence-corrected chi connectivity index (χ0v) is 12.6. The molecule has 2 atom stereocenters. The predicted molar refractivity (Wildman–Crippen MR) is 78.3 cm³/mol. The summed E-state index contributed by atoms with van der Waals surface area (Å²) in [6, 6.07) is 0. The summed E-state index contributed by atoms with van der Waals surface area (Å²) in [6.07, 6.45) is 8.24. The second-order valence-corrected chi connectivity index (χ2v) is 6.14. The molecule has 0 aromatic carbocycles. The molecule has 1 nitrogen and oxygen atoms in total. The molecule has 0 aromatic rings. The molecule has 0 unspecified atom stereocenters. The third-order valence-corrected chi connectivity index (χ3v) is 4.28. The van der Waals surface area contributed by atoms with Crippen LogP contribution in [-0.2, 0) is 0 Å². The van der Waals surface area contributed by atoms with E-state index in [-0.39, 0.29) is 11.5 Å². The highest BCUT2D eigenvalue weighted by Crippen LogP contribution is 2.41. The first-order chi connectivity index (χ1) is 7.88. The first-order valence-electron chi connectivity index (χ1n) is 6.14. The van der Waals surface area contributed by atoms with Gasteiger partial charge in [-0.25, -0.2) is 0 Å². The van der Waals surface area contributed by atoms with Crippen molar-refractivity contribution in [3.8, 4) is 0 Å². The SMILES string of the molecule is C=C1CC=CC(C)(C)[C@@H]1C/C=C(\C)[C@H](O)CBr. The van der Waals surface area contributed by atoms with E-state index in [1.807, 2.05) is 6.92 Å². The van der Waals surface area contributed by atoms with Gasteiger partial charge in [-0.3, -0.25) is 0 Å². The average Bonchev–Trinajstić information content (AvgIpc) is 2.26. The van der Waals surface area contributed by atoms with Gasteiger partial charge in [0.2, 0.25) is 0 Å². The van der Waals surface area contributed by atoms with Crippen molar-refractivity contribution in [2.45, 2.75) is 39.7 Å². The highest BCUT2D eigenvalue weighted by molar-refractivity contribution is 9.09. The topological polar surface area (TPSA) is 20.2 Å². The second-order valence-electron chi connectivity index (χ2n) is 5.49. The summed E-state index contributed by atoms with van der Waals surface area (Å²) in [5.74, 6) is 0.477. The molecular formula is C15H23BrO. The van der Waals surface area contributed by atoms with Gasteiger partial charge in [0, 0.05) is 5.33 Å². The Morgan fingerprint density at radius 2 is 2.35 bits per heavy atom. The van der Waals surface area contributed by atoms with Crippen LogP contribution in [0.2, 0.25) is 0 Å². The van der Waals surface area contributed by atoms with Crippen molar-refractivity contribution in [3.63, 3.8) is 0 Å². The second kappa shape index (κ2) is 6.01. The maximum absolute atomic E-state index is 9.70. The Morgan fingerprint density at radius 3 is 2.88 bits per heavy atom. The summed E-state index contributed by atoms with van der Waals surface area (Å²) >= 11 is 3.30. The molecule has 1 rings (SSSR count). The van der Waals surface area contributed by atoms with Crippen LogP contribution in [0.5, 0.6) is 0 Å². The summed E-state index contributed by atoms with van der Waals surface area (Å²) in [5.41, 5.74) is 2.51. The van der Waals surface area contributed by atoms with E-state index >= 15 is 0 Å². The molecule has 0 amide bonds. The molecular weight excluding hydrogens is 276 g/mol. The van der Waals surface area contributed by atoms with Gasteiger partial charge in [-0.05, 0) is 36.7 Å². The molecule has 0 saturated heterocycles. The fourth-order valence-corrected chi connectivity index (χ4v) is 2.84. The number of allylic oxidation sites excluding steroid dienone is 4. The number of aliphatic hydroxyl groups is 1. The third-order valence-electron chi connectivity index (χ3n) is 3.67. The summed E-state index contributed by atoms with van der Waals surface area (Å²) in [5, 5.41) is 10.3. The van der Waals surface area contributed by atoms with Crippen LogP contribution in [-0.4, -0.2) is 16.5 Å². The molecule has 17 heavy (non-hydrogen) atoms. The fraction of sp³-hybridized carbons (Fsp3) is 0.600. The van der Waals surface area contributed by atoms with E-state index in [0.717, 1.165) is 18.4 Å². The Kier molecular flexibility index (Phi) is 5.21. The Balaban J connectivity index is 2.74. The summed E-state index contributed by atoms with van der Waals surface area (Å²) in [7, 11) is 0. The van der Waals surface area contributed by atoms with Crippen LogP contribution < -0.4 is 0 Å². The Hall–Kier alpha value is -0.340. The van der Waals surface area contributed by atoms with Crippen molar-refractivity contribution in [2.75, 3.05) is 5.33 Å². The van der Waals surface area contributed by atoms with Crippen LogP contribution >= 0.6 is 15.9 Å². The molecule has 0 radical (unpaired) electrons. The first-order valence-corrected chi connectivity index (χ1v) is 7.26. The summed E-state index contributed by atoms with van der Waals surface area (Å²) < 4.78 is 0. The van der Waals surface area contributed by atoms with Gasteiger partial charge in [0.05, 0.1) is 6.10 Å². The van der Waals surface area contributed by atoms with Crippen LogP contribution in [0.1, 0.15) is 33.6 Å². The Bertz CT molecular complexity index is 339. The van der Waals surface area contributed by atoms with E-state index in [2.05, 4.69) is 54.6 Å². The Morgan fingerprint density at radius 1 is 1.71 bits per heavy atom. The fourth-order valence-electron chi connectivity index (χ4n) is 2.33. The van der Waals surface area contributed by atoms with Crippen LogP contribution in [0, 0.1) is 11.3 Å². The molecule has 0 fully saturated rings.